The molecule has 0 aliphatic carbocycles. The van der Waals surface area contributed by atoms with E-state index in [0.717, 1.165) is 10.9 Å². The molecule has 2 aromatic rings. The van der Waals surface area contributed by atoms with Crippen LogP contribution in [0.2, 0.25) is 0 Å². The lowest BCUT2D eigenvalue weighted by Gasteiger charge is -2.13. The van der Waals surface area contributed by atoms with Crippen LogP contribution in [0.5, 0.6) is 0 Å². The molecule has 112 valence electrons. The Bertz CT molecular complexity index is 667. The van der Waals surface area contributed by atoms with Gasteiger partial charge in [-0.25, -0.2) is 4.98 Å². The first-order valence-corrected chi connectivity index (χ1v) is 6.75. The average molecular weight is 315 g/mol. The molecule has 21 heavy (non-hydrogen) atoms. The maximum Gasteiger partial charge on any atom is 0.418 e. The first kappa shape index (κ1) is 15.3. The summed E-state index contributed by atoms with van der Waals surface area (Å²) in [6.07, 6.45) is -2.96. The molecule has 0 saturated heterocycles. The second-order valence-electron chi connectivity index (χ2n) is 4.24. The number of benzene rings is 1. The van der Waals surface area contributed by atoms with Gasteiger partial charge in [-0.15, -0.1) is 11.3 Å². The van der Waals surface area contributed by atoms with Crippen LogP contribution in [0.25, 0.3) is 0 Å². The summed E-state index contributed by atoms with van der Waals surface area (Å²) in [6.45, 7) is 1.82. The molecule has 0 aliphatic rings. The number of carbonyl (C=O) groups excluding carboxylic acids is 1. The Morgan fingerprint density at radius 2 is 2.05 bits per heavy atom. The molecule has 1 aromatic carbocycles. The lowest BCUT2D eigenvalue weighted by atomic mass is 10.1. The summed E-state index contributed by atoms with van der Waals surface area (Å²) in [5.41, 5.74) is -1.04. The first-order valence-electron chi connectivity index (χ1n) is 5.94. The highest BCUT2D eigenvalue weighted by molar-refractivity contribution is 7.15. The number of halogens is 3. The molecule has 8 heteroatoms. The van der Waals surface area contributed by atoms with E-state index in [1.165, 1.54) is 30.5 Å². The molecule has 0 bridgehead atoms. The van der Waals surface area contributed by atoms with Gasteiger partial charge in [0.1, 0.15) is 0 Å². The average Bonchev–Trinajstić information content (AvgIpc) is 2.82. The quantitative estimate of drug-likeness (QED) is 0.906. The van der Waals surface area contributed by atoms with Gasteiger partial charge in [-0.3, -0.25) is 10.1 Å². The number of amides is 1. The second-order valence-corrected chi connectivity index (χ2v) is 5.47. The van der Waals surface area contributed by atoms with Crippen molar-refractivity contribution in [1.29, 1.82) is 0 Å². The number of aromatic nitrogens is 1. The van der Waals surface area contributed by atoms with Crippen molar-refractivity contribution < 1.29 is 18.0 Å². The molecule has 1 amide bonds. The minimum atomic E-state index is -4.54. The Hall–Kier alpha value is -2.09. The van der Waals surface area contributed by atoms with Crippen molar-refractivity contribution >= 4 is 28.1 Å². The Labute approximate surface area is 123 Å². The van der Waals surface area contributed by atoms with Gasteiger partial charge in [0, 0.05) is 29.4 Å². The largest absolute Gasteiger partial charge is 0.418 e. The van der Waals surface area contributed by atoms with E-state index in [1.54, 1.807) is 6.20 Å². The maximum absolute atomic E-state index is 12.9. The SMILES string of the molecule is CNc1ccc(C(=O)Nc2ncc(C)s2)cc1C(F)(F)F. The number of carbonyl (C=O) groups is 1. The zero-order valence-electron chi connectivity index (χ0n) is 11.2. The molecule has 0 aliphatic heterocycles. The number of aryl methyl sites for hydroxylation is 1. The fraction of sp³-hybridized carbons (Fsp3) is 0.231. The number of hydrogen-bond acceptors (Lipinski definition) is 4. The highest BCUT2D eigenvalue weighted by Gasteiger charge is 2.34. The van der Waals surface area contributed by atoms with Crippen molar-refractivity contribution in [1.82, 2.24) is 4.98 Å². The molecule has 0 fully saturated rings. The van der Waals surface area contributed by atoms with Crippen LogP contribution in [0.4, 0.5) is 24.0 Å². The lowest BCUT2D eigenvalue weighted by molar-refractivity contribution is -0.136. The molecule has 4 nitrogen and oxygen atoms in total. The number of nitrogens with one attached hydrogen (secondary N) is 2. The molecule has 0 saturated carbocycles. The van der Waals surface area contributed by atoms with E-state index < -0.39 is 17.6 Å². The third-order valence-corrected chi connectivity index (χ3v) is 3.53. The molecular weight excluding hydrogens is 303 g/mol. The lowest BCUT2D eigenvalue weighted by Crippen LogP contribution is -2.15. The fourth-order valence-corrected chi connectivity index (χ4v) is 2.38. The molecule has 0 radical (unpaired) electrons. The zero-order valence-corrected chi connectivity index (χ0v) is 12.0. The Morgan fingerprint density at radius 1 is 1.33 bits per heavy atom. The summed E-state index contributed by atoms with van der Waals surface area (Å²) >= 11 is 1.25. The van der Waals surface area contributed by atoms with Crippen LogP contribution in [0, 0.1) is 6.92 Å². The van der Waals surface area contributed by atoms with Gasteiger partial charge in [0.2, 0.25) is 0 Å². The smallest absolute Gasteiger partial charge is 0.388 e. The molecule has 1 aromatic heterocycles. The first-order chi connectivity index (χ1) is 9.81. The third kappa shape index (κ3) is 3.52. The molecule has 2 N–H and O–H groups in total. The number of anilines is 2. The van der Waals surface area contributed by atoms with E-state index in [-0.39, 0.29) is 11.3 Å². The van der Waals surface area contributed by atoms with Crippen LogP contribution in [0.3, 0.4) is 0 Å². The van der Waals surface area contributed by atoms with Crippen LogP contribution in [-0.4, -0.2) is 17.9 Å². The minimum absolute atomic E-state index is 0.0748. The zero-order chi connectivity index (χ0) is 15.6. The summed E-state index contributed by atoms with van der Waals surface area (Å²) in [5, 5.41) is 5.29. The van der Waals surface area contributed by atoms with Gasteiger partial charge < -0.3 is 5.32 Å². The fourth-order valence-electron chi connectivity index (χ4n) is 1.72. The molecule has 2 rings (SSSR count). The Balaban J connectivity index is 2.29. The van der Waals surface area contributed by atoms with Crippen LogP contribution in [0.1, 0.15) is 20.8 Å². The van der Waals surface area contributed by atoms with E-state index in [1.807, 2.05) is 6.92 Å². The van der Waals surface area contributed by atoms with Crippen LogP contribution >= 0.6 is 11.3 Å². The van der Waals surface area contributed by atoms with E-state index in [2.05, 4.69) is 15.6 Å². The van der Waals surface area contributed by atoms with Crippen molar-refractivity contribution in [2.45, 2.75) is 13.1 Å². The highest BCUT2D eigenvalue weighted by atomic mass is 32.1. The molecule has 0 atom stereocenters. The summed E-state index contributed by atoms with van der Waals surface area (Å²) in [5.74, 6) is -0.627. The number of nitrogens with zero attached hydrogens (tertiary/aromatic N) is 1. The van der Waals surface area contributed by atoms with Crippen LogP contribution in [-0.2, 0) is 6.18 Å². The Morgan fingerprint density at radius 3 is 2.57 bits per heavy atom. The Kier molecular flexibility index (Phi) is 4.17. The summed E-state index contributed by atoms with van der Waals surface area (Å²) in [7, 11) is 1.39. The highest BCUT2D eigenvalue weighted by Crippen LogP contribution is 2.35. The molecular formula is C13H12F3N3OS. The number of hydrogen-bond donors (Lipinski definition) is 2. The van der Waals surface area contributed by atoms with Gasteiger partial charge in [-0.2, -0.15) is 13.2 Å². The van der Waals surface area contributed by atoms with Gasteiger partial charge in [-0.1, -0.05) is 0 Å². The summed E-state index contributed by atoms with van der Waals surface area (Å²) in [4.78, 5) is 16.8. The number of thiazole rings is 1. The van der Waals surface area contributed by atoms with Crippen molar-refractivity contribution in [3.63, 3.8) is 0 Å². The predicted octanol–water partition coefficient (Wildman–Crippen LogP) is 3.76. The predicted molar refractivity (Wildman–Crippen MR) is 75.8 cm³/mol. The van der Waals surface area contributed by atoms with Crippen LogP contribution in [0.15, 0.2) is 24.4 Å². The van der Waals surface area contributed by atoms with E-state index in [9.17, 15) is 18.0 Å². The van der Waals surface area contributed by atoms with Crippen molar-refractivity contribution in [2.75, 3.05) is 17.7 Å². The van der Waals surface area contributed by atoms with Gasteiger partial charge in [-0.05, 0) is 25.1 Å². The van der Waals surface area contributed by atoms with Gasteiger partial charge in [0.25, 0.3) is 5.91 Å². The standard InChI is InChI=1S/C13H12F3N3OS/c1-7-6-18-12(21-7)19-11(20)8-3-4-10(17-2)9(5-8)13(14,15)16/h3-6,17H,1-2H3,(H,18,19,20). The van der Waals surface area contributed by atoms with Crippen molar-refractivity contribution in [3.8, 4) is 0 Å². The van der Waals surface area contributed by atoms with Gasteiger partial charge in [0.05, 0.1) is 5.56 Å². The van der Waals surface area contributed by atoms with E-state index >= 15 is 0 Å². The second kappa shape index (κ2) is 5.72. The maximum atomic E-state index is 12.9. The van der Waals surface area contributed by atoms with E-state index in [0.29, 0.717) is 5.13 Å². The van der Waals surface area contributed by atoms with Crippen LogP contribution < -0.4 is 10.6 Å². The van der Waals surface area contributed by atoms with E-state index in [4.69, 9.17) is 0 Å². The summed E-state index contributed by atoms with van der Waals surface area (Å²) in [6, 6.07) is 3.38. The minimum Gasteiger partial charge on any atom is -0.388 e. The third-order valence-electron chi connectivity index (χ3n) is 2.70. The molecule has 1 heterocycles. The van der Waals surface area contributed by atoms with Gasteiger partial charge >= 0.3 is 6.18 Å². The number of alkyl halides is 3. The molecule has 0 spiro atoms. The monoisotopic (exact) mass is 315 g/mol. The van der Waals surface area contributed by atoms with Crippen molar-refractivity contribution in [2.24, 2.45) is 0 Å². The molecule has 0 unspecified atom stereocenters. The van der Waals surface area contributed by atoms with Crippen molar-refractivity contribution in [3.05, 3.63) is 40.4 Å². The topological polar surface area (TPSA) is 54.0 Å². The normalized spacial score (nSPS) is 11.3. The van der Waals surface area contributed by atoms with Gasteiger partial charge in [0.15, 0.2) is 5.13 Å². The summed E-state index contributed by atoms with van der Waals surface area (Å²) < 4.78 is 38.8. The number of rotatable bonds is 3.